The van der Waals surface area contributed by atoms with Gasteiger partial charge in [-0.15, -0.1) is 10.2 Å². The first kappa shape index (κ1) is 16.1. The molecule has 26 heavy (non-hydrogen) atoms. The Labute approximate surface area is 150 Å². The number of carbonyl (C=O) groups is 1. The molecular formula is C20H19N5O. The van der Waals surface area contributed by atoms with Gasteiger partial charge in [0.05, 0.1) is 6.42 Å². The van der Waals surface area contributed by atoms with Crippen LogP contribution in [0.2, 0.25) is 0 Å². The third-order valence-electron chi connectivity index (χ3n) is 4.39. The van der Waals surface area contributed by atoms with Gasteiger partial charge in [0.1, 0.15) is 6.33 Å². The maximum absolute atomic E-state index is 12.5. The van der Waals surface area contributed by atoms with Crippen LogP contribution < -0.4 is 5.32 Å². The first-order valence-electron chi connectivity index (χ1n) is 8.57. The standard InChI is InChI=1S/C20H19N5O/c1-2-25-13-22-24-20(25)14-6-5-7-16(10-14)23-19(26)11-15-12-21-18-9-4-3-8-17(15)18/h3-10,12-13,21H,2,11H2,1H3,(H,23,26). The fraction of sp³-hybridized carbons (Fsp3) is 0.150. The average Bonchev–Trinajstić information content (AvgIpc) is 3.29. The SMILES string of the molecule is CCn1cnnc1-c1cccc(NC(=O)Cc2c[nH]c3ccccc23)c1. The molecule has 2 N–H and O–H groups in total. The number of carbonyl (C=O) groups excluding carboxylic acids is 1. The van der Waals surface area contributed by atoms with E-state index in [2.05, 4.69) is 20.5 Å². The Hall–Kier alpha value is -3.41. The van der Waals surface area contributed by atoms with E-state index in [1.807, 2.05) is 66.2 Å². The Balaban J connectivity index is 1.52. The van der Waals surface area contributed by atoms with Crippen LogP contribution in [0.5, 0.6) is 0 Å². The second kappa shape index (κ2) is 6.84. The van der Waals surface area contributed by atoms with Gasteiger partial charge in [-0.1, -0.05) is 30.3 Å². The van der Waals surface area contributed by atoms with E-state index in [0.717, 1.165) is 40.1 Å². The Morgan fingerprint density at radius 3 is 2.96 bits per heavy atom. The second-order valence-corrected chi connectivity index (χ2v) is 6.11. The number of para-hydroxylation sites is 1. The lowest BCUT2D eigenvalue weighted by atomic mass is 10.1. The summed E-state index contributed by atoms with van der Waals surface area (Å²) in [6.45, 7) is 2.83. The number of aryl methyl sites for hydroxylation is 1. The molecule has 0 spiro atoms. The van der Waals surface area contributed by atoms with Crippen LogP contribution in [0.3, 0.4) is 0 Å². The Morgan fingerprint density at radius 1 is 1.19 bits per heavy atom. The van der Waals surface area contributed by atoms with E-state index in [-0.39, 0.29) is 5.91 Å². The fourth-order valence-electron chi connectivity index (χ4n) is 3.10. The van der Waals surface area contributed by atoms with Crippen molar-refractivity contribution in [3.8, 4) is 11.4 Å². The van der Waals surface area contributed by atoms with Crippen molar-refractivity contribution in [1.29, 1.82) is 0 Å². The number of nitrogens with zero attached hydrogens (tertiary/aromatic N) is 3. The summed E-state index contributed by atoms with van der Waals surface area (Å²) in [7, 11) is 0. The van der Waals surface area contributed by atoms with Crippen molar-refractivity contribution in [3.63, 3.8) is 0 Å². The lowest BCUT2D eigenvalue weighted by molar-refractivity contribution is -0.115. The molecule has 0 bridgehead atoms. The molecule has 0 saturated heterocycles. The third-order valence-corrected chi connectivity index (χ3v) is 4.39. The molecular weight excluding hydrogens is 326 g/mol. The van der Waals surface area contributed by atoms with E-state index in [1.165, 1.54) is 0 Å². The first-order valence-corrected chi connectivity index (χ1v) is 8.57. The summed E-state index contributed by atoms with van der Waals surface area (Å²) in [6.07, 6.45) is 3.92. The van der Waals surface area contributed by atoms with Crippen molar-refractivity contribution < 1.29 is 4.79 Å². The molecule has 2 aromatic heterocycles. The number of amides is 1. The van der Waals surface area contributed by atoms with Crippen LogP contribution in [0, 0.1) is 0 Å². The zero-order valence-electron chi connectivity index (χ0n) is 14.4. The molecule has 4 rings (SSSR count). The van der Waals surface area contributed by atoms with Crippen molar-refractivity contribution in [2.75, 3.05) is 5.32 Å². The highest BCUT2D eigenvalue weighted by atomic mass is 16.1. The normalized spacial score (nSPS) is 11.0. The lowest BCUT2D eigenvalue weighted by Gasteiger charge is -2.08. The predicted molar refractivity (Wildman–Crippen MR) is 102 cm³/mol. The van der Waals surface area contributed by atoms with Gasteiger partial charge in [-0.3, -0.25) is 4.79 Å². The third kappa shape index (κ3) is 3.09. The number of fused-ring (bicyclic) bond motifs is 1. The topological polar surface area (TPSA) is 75.6 Å². The van der Waals surface area contributed by atoms with Crippen molar-refractivity contribution >= 4 is 22.5 Å². The zero-order valence-corrected chi connectivity index (χ0v) is 14.4. The summed E-state index contributed by atoms with van der Waals surface area (Å²) in [5, 5.41) is 12.2. The largest absolute Gasteiger partial charge is 0.361 e. The molecule has 2 heterocycles. The van der Waals surface area contributed by atoms with Crippen LogP contribution in [0.15, 0.2) is 61.1 Å². The molecule has 130 valence electrons. The smallest absolute Gasteiger partial charge is 0.228 e. The highest BCUT2D eigenvalue weighted by Crippen LogP contribution is 2.22. The summed E-state index contributed by atoms with van der Waals surface area (Å²) in [6, 6.07) is 15.6. The minimum absolute atomic E-state index is 0.0520. The highest BCUT2D eigenvalue weighted by Gasteiger charge is 2.11. The van der Waals surface area contributed by atoms with Gasteiger partial charge in [-0.25, -0.2) is 0 Å². The maximum Gasteiger partial charge on any atom is 0.228 e. The molecule has 0 fully saturated rings. The van der Waals surface area contributed by atoms with Gasteiger partial charge in [0.25, 0.3) is 0 Å². The van der Waals surface area contributed by atoms with Crippen molar-refractivity contribution in [3.05, 3.63) is 66.6 Å². The van der Waals surface area contributed by atoms with E-state index >= 15 is 0 Å². The van der Waals surface area contributed by atoms with Gasteiger partial charge in [0.15, 0.2) is 5.82 Å². The summed E-state index contributed by atoms with van der Waals surface area (Å²) in [5.41, 5.74) is 3.70. The first-order chi connectivity index (χ1) is 12.7. The number of aromatic amines is 1. The fourth-order valence-corrected chi connectivity index (χ4v) is 3.10. The van der Waals surface area contributed by atoms with Gasteiger partial charge in [-0.2, -0.15) is 0 Å². The van der Waals surface area contributed by atoms with Gasteiger partial charge in [0.2, 0.25) is 5.91 Å². The maximum atomic E-state index is 12.5. The minimum Gasteiger partial charge on any atom is -0.361 e. The number of benzene rings is 2. The molecule has 2 aromatic carbocycles. The molecule has 0 aliphatic carbocycles. The number of hydrogen-bond acceptors (Lipinski definition) is 3. The Kier molecular flexibility index (Phi) is 4.23. The molecule has 6 nitrogen and oxygen atoms in total. The van der Waals surface area contributed by atoms with E-state index in [0.29, 0.717) is 6.42 Å². The Morgan fingerprint density at radius 2 is 2.08 bits per heavy atom. The molecule has 0 unspecified atom stereocenters. The van der Waals surface area contributed by atoms with Gasteiger partial charge >= 0.3 is 0 Å². The van der Waals surface area contributed by atoms with E-state index in [4.69, 9.17) is 0 Å². The van der Waals surface area contributed by atoms with Gasteiger partial charge in [0, 0.05) is 34.9 Å². The lowest BCUT2D eigenvalue weighted by Crippen LogP contribution is -2.14. The van der Waals surface area contributed by atoms with Crippen LogP contribution in [0.1, 0.15) is 12.5 Å². The van der Waals surface area contributed by atoms with E-state index in [9.17, 15) is 4.79 Å². The average molecular weight is 345 g/mol. The number of aromatic nitrogens is 4. The number of nitrogens with one attached hydrogen (secondary N) is 2. The number of rotatable bonds is 5. The molecule has 4 aromatic rings. The van der Waals surface area contributed by atoms with Gasteiger partial charge in [-0.05, 0) is 30.7 Å². The zero-order chi connectivity index (χ0) is 17.9. The summed E-state index contributed by atoms with van der Waals surface area (Å²) < 4.78 is 1.97. The van der Waals surface area contributed by atoms with Crippen LogP contribution >= 0.6 is 0 Å². The molecule has 0 aliphatic rings. The monoisotopic (exact) mass is 345 g/mol. The van der Waals surface area contributed by atoms with Crippen molar-refractivity contribution in [1.82, 2.24) is 19.7 Å². The summed E-state index contributed by atoms with van der Waals surface area (Å²) >= 11 is 0. The number of H-pyrrole nitrogens is 1. The molecule has 1 amide bonds. The van der Waals surface area contributed by atoms with Crippen LogP contribution in [0.25, 0.3) is 22.3 Å². The molecule has 0 aliphatic heterocycles. The number of hydrogen-bond donors (Lipinski definition) is 2. The summed E-state index contributed by atoms with van der Waals surface area (Å²) in [4.78, 5) is 15.7. The quantitative estimate of drug-likeness (QED) is 0.580. The molecule has 6 heteroatoms. The highest BCUT2D eigenvalue weighted by molar-refractivity contribution is 5.96. The second-order valence-electron chi connectivity index (χ2n) is 6.11. The van der Waals surface area contributed by atoms with Crippen molar-refractivity contribution in [2.24, 2.45) is 0 Å². The van der Waals surface area contributed by atoms with E-state index in [1.54, 1.807) is 6.33 Å². The van der Waals surface area contributed by atoms with Gasteiger partial charge < -0.3 is 14.9 Å². The Bertz CT molecular complexity index is 1060. The van der Waals surface area contributed by atoms with Crippen molar-refractivity contribution in [2.45, 2.75) is 19.9 Å². The van der Waals surface area contributed by atoms with Crippen LogP contribution in [-0.4, -0.2) is 25.7 Å². The molecule has 0 radical (unpaired) electrons. The van der Waals surface area contributed by atoms with Crippen LogP contribution in [-0.2, 0) is 17.8 Å². The molecule has 0 saturated carbocycles. The predicted octanol–water partition coefficient (Wildman–Crippen LogP) is 3.63. The minimum atomic E-state index is -0.0520. The van der Waals surface area contributed by atoms with Crippen LogP contribution in [0.4, 0.5) is 5.69 Å². The number of anilines is 1. The summed E-state index contributed by atoms with van der Waals surface area (Å²) in [5.74, 6) is 0.740. The van der Waals surface area contributed by atoms with E-state index < -0.39 is 0 Å². The molecule has 0 atom stereocenters.